The Morgan fingerprint density at radius 1 is 1.00 bits per heavy atom. The van der Waals surface area contributed by atoms with Gasteiger partial charge in [-0.25, -0.2) is 8.42 Å². The van der Waals surface area contributed by atoms with Crippen molar-refractivity contribution in [2.45, 2.75) is 18.0 Å². The van der Waals surface area contributed by atoms with Crippen LogP contribution in [0.2, 0.25) is 0 Å². The van der Waals surface area contributed by atoms with Crippen molar-refractivity contribution >= 4 is 15.9 Å². The number of rotatable bonds is 7. The van der Waals surface area contributed by atoms with Gasteiger partial charge in [-0.2, -0.15) is 4.31 Å². The quantitative estimate of drug-likeness (QED) is 0.655. The highest BCUT2D eigenvalue weighted by molar-refractivity contribution is 7.89. The fourth-order valence-electron chi connectivity index (χ4n) is 3.99. The number of hydrogen-bond donors (Lipinski definition) is 1. The molecule has 10 heteroatoms. The summed E-state index contributed by atoms with van der Waals surface area (Å²) in [4.78, 5) is 15.3. The lowest BCUT2D eigenvalue weighted by atomic mass is 10.1. The fourth-order valence-corrected chi connectivity index (χ4v) is 5.47. The van der Waals surface area contributed by atoms with Crippen LogP contribution in [-0.2, 0) is 39.6 Å². The lowest BCUT2D eigenvalue weighted by Gasteiger charge is -2.27. The molecule has 174 valence electrons. The van der Waals surface area contributed by atoms with Crippen molar-refractivity contribution in [3.8, 4) is 0 Å². The SMILES string of the molecule is Cn1cc(S(=O)(=O)N2CCOCC2)cc1C(=O)NCc1ccccc1CN1CCOCC1. The first-order valence-electron chi connectivity index (χ1n) is 10.8. The Bertz CT molecular complexity index is 1040. The summed E-state index contributed by atoms with van der Waals surface area (Å²) in [6.45, 7) is 5.83. The molecule has 0 atom stereocenters. The molecule has 0 unspecified atom stereocenters. The van der Waals surface area contributed by atoms with E-state index >= 15 is 0 Å². The minimum atomic E-state index is -3.65. The summed E-state index contributed by atoms with van der Waals surface area (Å²) in [5.41, 5.74) is 2.52. The van der Waals surface area contributed by atoms with E-state index in [-0.39, 0.29) is 10.8 Å². The first-order chi connectivity index (χ1) is 15.4. The van der Waals surface area contributed by atoms with Crippen LogP contribution in [0, 0.1) is 0 Å². The first-order valence-corrected chi connectivity index (χ1v) is 12.3. The molecule has 4 rings (SSSR count). The molecular weight excluding hydrogens is 432 g/mol. The van der Waals surface area contributed by atoms with Gasteiger partial charge in [0.2, 0.25) is 10.0 Å². The summed E-state index contributed by atoms with van der Waals surface area (Å²) in [6, 6.07) is 9.49. The van der Waals surface area contributed by atoms with Crippen LogP contribution in [0.25, 0.3) is 0 Å². The van der Waals surface area contributed by atoms with E-state index in [1.807, 2.05) is 18.2 Å². The normalized spacial score (nSPS) is 18.5. The minimum absolute atomic E-state index is 0.125. The summed E-state index contributed by atoms with van der Waals surface area (Å²) >= 11 is 0. The average Bonchev–Trinajstić information content (AvgIpc) is 3.22. The summed E-state index contributed by atoms with van der Waals surface area (Å²) in [6.07, 6.45) is 1.49. The Balaban J connectivity index is 1.43. The third-order valence-electron chi connectivity index (χ3n) is 5.88. The average molecular weight is 463 g/mol. The second-order valence-corrected chi connectivity index (χ2v) is 9.97. The van der Waals surface area contributed by atoms with E-state index in [9.17, 15) is 13.2 Å². The molecule has 0 saturated carbocycles. The van der Waals surface area contributed by atoms with Crippen molar-refractivity contribution in [1.29, 1.82) is 0 Å². The van der Waals surface area contributed by atoms with E-state index in [1.165, 1.54) is 16.6 Å². The topological polar surface area (TPSA) is 93.1 Å². The van der Waals surface area contributed by atoms with Gasteiger partial charge in [0, 0.05) is 52.5 Å². The number of nitrogens with one attached hydrogen (secondary N) is 1. The summed E-state index contributed by atoms with van der Waals surface area (Å²) in [7, 11) is -1.97. The van der Waals surface area contributed by atoms with E-state index < -0.39 is 10.0 Å². The molecule has 2 saturated heterocycles. The smallest absolute Gasteiger partial charge is 0.268 e. The van der Waals surface area contributed by atoms with Gasteiger partial charge in [0.25, 0.3) is 5.91 Å². The number of carbonyl (C=O) groups excluding carboxylic acids is 1. The lowest BCUT2D eigenvalue weighted by molar-refractivity contribution is 0.0340. The van der Waals surface area contributed by atoms with Crippen molar-refractivity contribution in [1.82, 2.24) is 19.1 Å². The number of carbonyl (C=O) groups is 1. The predicted octanol–water partition coefficient (Wildman–Crippen LogP) is 0.808. The van der Waals surface area contributed by atoms with Crippen LogP contribution in [0.3, 0.4) is 0 Å². The highest BCUT2D eigenvalue weighted by Gasteiger charge is 2.28. The van der Waals surface area contributed by atoms with Crippen molar-refractivity contribution in [3.05, 3.63) is 53.3 Å². The maximum absolute atomic E-state index is 12.9. The Kier molecular flexibility index (Phi) is 7.27. The zero-order valence-electron chi connectivity index (χ0n) is 18.3. The number of nitrogens with zero attached hydrogens (tertiary/aromatic N) is 3. The van der Waals surface area contributed by atoms with E-state index in [0.29, 0.717) is 38.5 Å². The molecule has 9 nitrogen and oxygen atoms in total. The number of ether oxygens (including phenoxy) is 2. The Morgan fingerprint density at radius 3 is 2.31 bits per heavy atom. The second kappa shape index (κ2) is 10.1. The molecule has 2 aliphatic heterocycles. The molecule has 0 bridgehead atoms. The minimum Gasteiger partial charge on any atom is -0.379 e. The number of hydrogen-bond acceptors (Lipinski definition) is 6. The number of amides is 1. The molecule has 1 amide bonds. The van der Waals surface area contributed by atoms with Gasteiger partial charge in [-0.3, -0.25) is 9.69 Å². The molecule has 1 aromatic heterocycles. The Morgan fingerprint density at radius 2 is 1.62 bits per heavy atom. The number of morpholine rings is 2. The summed E-state index contributed by atoms with van der Waals surface area (Å²) in [5.74, 6) is -0.308. The first kappa shape index (κ1) is 22.9. The van der Waals surface area contributed by atoms with Crippen LogP contribution in [-0.4, -0.2) is 80.7 Å². The molecule has 1 aromatic carbocycles. The highest BCUT2D eigenvalue weighted by atomic mass is 32.2. The van der Waals surface area contributed by atoms with Gasteiger partial charge >= 0.3 is 0 Å². The molecule has 2 fully saturated rings. The highest BCUT2D eigenvalue weighted by Crippen LogP contribution is 2.20. The van der Waals surface area contributed by atoms with Crippen molar-refractivity contribution < 1.29 is 22.7 Å². The number of benzene rings is 1. The second-order valence-electron chi connectivity index (χ2n) is 8.03. The number of aryl methyl sites for hydroxylation is 1. The molecule has 1 N–H and O–H groups in total. The molecule has 0 radical (unpaired) electrons. The third-order valence-corrected chi connectivity index (χ3v) is 7.74. The largest absolute Gasteiger partial charge is 0.379 e. The zero-order chi connectivity index (χ0) is 22.6. The predicted molar refractivity (Wildman–Crippen MR) is 119 cm³/mol. The van der Waals surface area contributed by atoms with Gasteiger partial charge in [-0.05, 0) is 17.2 Å². The van der Waals surface area contributed by atoms with Crippen LogP contribution in [0.1, 0.15) is 21.6 Å². The van der Waals surface area contributed by atoms with Crippen molar-refractivity contribution in [3.63, 3.8) is 0 Å². The summed E-state index contributed by atoms with van der Waals surface area (Å²) < 4.78 is 39.4. The van der Waals surface area contributed by atoms with Gasteiger partial charge in [-0.15, -0.1) is 0 Å². The molecule has 0 aliphatic carbocycles. The molecule has 32 heavy (non-hydrogen) atoms. The van der Waals surface area contributed by atoms with Gasteiger partial charge in [-0.1, -0.05) is 24.3 Å². The number of aromatic nitrogens is 1. The zero-order valence-corrected chi connectivity index (χ0v) is 19.1. The monoisotopic (exact) mass is 462 g/mol. The standard InChI is InChI=1S/C22H30N4O5S/c1-24-17-20(32(28,29)26-8-12-31-13-9-26)14-21(24)22(27)23-15-18-4-2-3-5-19(18)16-25-6-10-30-11-7-25/h2-5,14,17H,6-13,15-16H2,1H3,(H,23,27). The Hall–Kier alpha value is -2.24. The van der Waals surface area contributed by atoms with Crippen LogP contribution < -0.4 is 5.32 Å². The lowest BCUT2D eigenvalue weighted by Crippen LogP contribution is -2.40. The van der Waals surface area contributed by atoms with Gasteiger partial charge in [0.15, 0.2) is 0 Å². The van der Waals surface area contributed by atoms with E-state index in [4.69, 9.17) is 9.47 Å². The van der Waals surface area contributed by atoms with Crippen LogP contribution in [0.4, 0.5) is 0 Å². The molecule has 2 aromatic rings. The van der Waals surface area contributed by atoms with Crippen LogP contribution >= 0.6 is 0 Å². The van der Waals surface area contributed by atoms with Crippen molar-refractivity contribution in [2.75, 3.05) is 52.6 Å². The van der Waals surface area contributed by atoms with Crippen molar-refractivity contribution in [2.24, 2.45) is 7.05 Å². The molecule has 2 aliphatic rings. The van der Waals surface area contributed by atoms with Gasteiger partial charge < -0.3 is 19.4 Å². The Labute approximate surface area is 188 Å². The maximum Gasteiger partial charge on any atom is 0.268 e. The van der Waals surface area contributed by atoms with E-state index in [0.717, 1.165) is 44.0 Å². The summed E-state index contributed by atoms with van der Waals surface area (Å²) in [5, 5.41) is 2.95. The fraction of sp³-hybridized carbons (Fsp3) is 0.500. The molecule has 3 heterocycles. The van der Waals surface area contributed by atoms with E-state index in [2.05, 4.69) is 16.3 Å². The van der Waals surface area contributed by atoms with Gasteiger partial charge in [0.05, 0.1) is 26.4 Å². The van der Waals surface area contributed by atoms with Crippen LogP contribution in [0.15, 0.2) is 41.4 Å². The molecular formula is C22H30N4O5S. The number of sulfonamides is 1. The van der Waals surface area contributed by atoms with Crippen LogP contribution in [0.5, 0.6) is 0 Å². The van der Waals surface area contributed by atoms with Gasteiger partial charge in [0.1, 0.15) is 10.6 Å². The molecule has 0 spiro atoms. The van der Waals surface area contributed by atoms with E-state index in [1.54, 1.807) is 11.6 Å². The maximum atomic E-state index is 12.9. The third kappa shape index (κ3) is 5.21.